The fourth-order valence-corrected chi connectivity index (χ4v) is 5.11. The molecule has 0 bridgehead atoms. The highest BCUT2D eigenvalue weighted by Crippen LogP contribution is 2.31. The Bertz CT molecular complexity index is 1350. The largest absolute Gasteiger partial charge is 0.441 e. The van der Waals surface area contributed by atoms with Crippen LogP contribution in [0.1, 0.15) is 5.89 Å². The third-order valence-electron chi connectivity index (χ3n) is 5.91. The molecule has 8 heteroatoms. The summed E-state index contributed by atoms with van der Waals surface area (Å²) in [6, 6.07) is 10.7. The van der Waals surface area contributed by atoms with Gasteiger partial charge in [-0.05, 0) is 41.8 Å². The van der Waals surface area contributed by atoms with E-state index in [2.05, 4.69) is 20.7 Å². The number of piperazine rings is 1. The van der Waals surface area contributed by atoms with E-state index in [1.165, 1.54) is 12.1 Å². The third kappa shape index (κ3) is 4.11. The molecule has 1 atom stereocenters. The predicted octanol–water partition coefficient (Wildman–Crippen LogP) is 3.54. The third-order valence-corrected chi connectivity index (χ3v) is 7.36. The Morgan fingerprint density at radius 3 is 2.77 bits per heavy atom. The Morgan fingerprint density at radius 1 is 1.19 bits per heavy atom. The first-order chi connectivity index (χ1) is 14.9. The smallest absolute Gasteiger partial charge is 0.196 e. The van der Waals surface area contributed by atoms with Gasteiger partial charge in [0, 0.05) is 77.8 Å². The van der Waals surface area contributed by atoms with Gasteiger partial charge in [0.05, 0.1) is 0 Å². The van der Waals surface area contributed by atoms with Crippen LogP contribution < -0.4 is 0 Å². The Morgan fingerprint density at radius 2 is 2.00 bits per heavy atom. The zero-order valence-corrected chi connectivity index (χ0v) is 18.3. The number of nitrogens with one attached hydrogen (secondary N) is 1. The van der Waals surface area contributed by atoms with E-state index in [9.17, 15) is 8.60 Å². The van der Waals surface area contributed by atoms with Gasteiger partial charge in [0.25, 0.3) is 0 Å². The number of hydrogen-bond donors (Lipinski definition) is 1. The van der Waals surface area contributed by atoms with Gasteiger partial charge < -0.3 is 14.3 Å². The first kappa shape index (κ1) is 20.2. The summed E-state index contributed by atoms with van der Waals surface area (Å²) in [6.45, 7) is 4.12. The maximum absolute atomic E-state index is 13.5. The fourth-order valence-electron chi connectivity index (χ4n) is 4.18. The molecule has 3 heterocycles. The van der Waals surface area contributed by atoms with Gasteiger partial charge in [0.1, 0.15) is 11.3 Å². The highest BCUT2D eigenvalue weighted by atomic mass is 32.2. The summed E-state index contributed by atoms with van der Waals surface area (Å²) in [7, 11) is -2.12. The molecule has 0 radical (unpaired) electrons. The molecule has 4 aromatic rings. The number of nitrogens with zero attached hydrogens (tertiary/aromatic N) is 3. The van der Waals surface area contributed by atoms with Crippen molar-refractivity contribution in [2.75, 3.05) is 39.0 Å². The van der Waals surface area contributed by atoms with E-state index in [4.69, 9.17) is 4.42 Å². The van der Waals surface area contributed by atoms with Gasteiger partial charge >= 0.3 is 0 Å². The van der Waals surface area contributed by atoms with Gasteiger partial charge in [-0.1, -0.05) is 6.07 Å². The molecule has 0 saturated carbocycles. The summed E-state index contributed by atoms with van der Waals surface area (Å²) in [4.78, 5) is 10.1. The molecule has 1 aliphatic rings. The van der Waals surface area contributed by atoms with E-state index in [1.807, 2.05) is 28.7 Å². The average Bonchev–Trinajstić information content (AvgIpc) is 3.34. The van der Waals surface area contributed by atoms with Crippen LogP contribution in [0.3, 0.4) is 0 Å². The van der Waals surface area contributed by atoms with Crippen LogP contribution in [0.4, 0.5) is 4.39 Å². The monoisotopic (exact) mass is 440 g/mol. The van der Waals surface area contributed by atoms with Crippen molar-refractivity contribution >= 4 is 37.6 Å². The van der Waals surface area contributed by atoms with E-state index in [0.29, 0.717) is 5.89 Å². The van der Waals surface area contributed by atoms with Crippen LogP contribution in [0.15, 0.2) is 47.0 Å². The van der Waals surface area contributed by atoms with Crippen molar-refractivity contribution in [3.05, 3.63) is 54.3 Å². The molecule has 1 aliphatic heterocycles. The molecule has 1 unspecified atom stereocenters. The van der Waals surface area contributed by atoms with Crippen molar-refractivity contribution in [1.29, 1.82) is 0 Å². The van der Waals surface area contributed by atoms with Crippen LogP contribution in [0.5, 0.6) is 0 Å². The fraction of sp³-hybridized carbons (Fsp3) is 0.304. The van der Waals surface area contributed by atoms with Gasteiger partial charge in [-0.3, -0.25) is 4.21 Å². The highest BCUT2D eigenvalue weighted by molar-refractivity contribution is 7.97. The summed E-state index contributed by atoms with van der Waals surface area (Å²) < 4.78 is 33.5. The molecule has 6 nitrogen and oxygen atoms in total. The maximum atomic E-state index is 13.5. The molecule has 0 amide bonds. The minimum Gasteiger partial charge on any atom is -0.441 e. The Balaban J connectivity index is 1.30. The first-order valence-corrected chi connectivity index (χ1v) is 12.4. The van der Waals surface area contributed by atoms with Gasteiger partial charge in [-0.25, -0.2) is 13.7 Å². The number of oxazole rings is 1. The van der Waals surface area contributed by atoms with Crippen molar-refractivity contribution < 1.29 is 13.0 Å². The number of benzene rings is 2. The summed E-state index contributed by atoms with van der Waals surface area (Å²) in [5, 5.41) is 0.970. The second-order valence-corrected chi connectivity index (χ2v) is 10.6. The van der Waals surface area contributed by atoms with Crippen LogP contribution >= 0.6 is 0 Å². The van der Waals surface area contributed by atoms with E-state index in [1.54, 1.807) is 12.3 Å². The lowest BCUT2D eigenvalue weighted by Gasteiger charge is -2.34. The van der Waals surface area contributed by atoms with Crippen molar-refractivity contribution in [1.82, 2.24) is 19.2 Å². The molecule has 1 saturated heterocycles. The molecule has 0 spiro atoms. The molecule has 31 heavy (non-hydrogen) atoms. The number of fused-ring (bicyclic) bond motifs is 2. The Hall–Kier alpha value is -2.68. The first-order valence-electron chi connectivity index (χ1n) is 10.3. The van der Waals surface area contributed by atoms with E-state index < -0.39 is 9.71 Å². The van der Waals surface area contributed by atoms with Crippen LogP contribution in [0.2, 0.25) is 0 Å². The van der Waals surface area contributed by atoms with Crippen molar-refractivity contribution in [2.24, 2.45) is 0 Å². The SMILES string of the molecule is C=S(C)(=O)N1CCN(CCc2nc3ccc(-c4c[nH]c5cc(F)ccc45)cc3o2)CC1. The van der Waals surface area contributed by atoms with E-state index in [0.717, 1.165) is 72.3 Å². The Labute approximate surface area is 180 Å². The predicted molar refractivity (Wildman–Crippen MR) is 124 cm³/mol. The van der Waals surface area contributed by atoms with Crippen molar-refractivity contribution in [3.8, 4) is 11.1 Å². The maximum Gasteiger partial charge on any atom is 0.196 e. The van der Waals surface area contributed by atoms with Crippen LogP contribution in [0, 0.1) is 5.82 Å². The normalized spacial score (nSPS) is 18.0. The lowest BCUT2D eigenvalue weighted by molar-refractivity contribution is 0.191. The molecule has 2 aromatic carbocycles. The van der Waals surface area contributed by atoms with E-state index >= 15 is 0 Å². The molecule has 0 aliphatic carbocycles. The number of hydrogen-bond acceptors (Lipinski definition) is 4. The molecule has 1 fully saturated rings. The molecule has 162 valence electrons. The topological polar surface area (TPSA) is 65.4 Å². The summed E-state index contributed by atoms with van der Waals surface area (Å²) in [5.41, 5.74) is 4.35. The van der Waals surface area contributed by atoms with Gasteiger partial charge in [0.15, 0.2) is 11.5 Å². The minimum absolute atomic E-state index is 0.257. The lowest BCUT2D eigenvalue weighted by Crippen LogP contribution is -2.48. The molecule has 2 aromatic heterocycles. The van der Waals surface area contributed by atoms with E-state index in [-0.39, 0.29) is 5.82 Å². The Kier molecular flexibility index (Phi) is 5.08. The number of aromatic nitrogens is 2. The van der Waals surface area contributed by atoms with Gasteiger partial charge in [0.2, 0.25) is 0 Å². The molecular formula is C23H25FN4O2S. The van der Waals surface area contributed by atoms with Crippen molar-refractivity contribution in [3.63, 3.8) is 0 Å². The second kappa shape index (κ2) is 7.78. The zero-order chi connectivity index (χ0) is 21.6. The van der Waals surface area contributed by atoms with Gasteiger partial charge in [-0.2, -0.15) is 0 Å². The second-order valence-electron chi connectivity index (χ2n) is 8.16. The summed E-state index contributed by atoms with van der Waals surface area (Å²) in [6.07, 6.45) is 4.31. The number of H-pyrrole nitrogens is 1. The number of aromatic amines is 1. The summed E-state index contributed by atoms with van der Waals surface area (Å²) >= 11 is 0. The molecular weight excluding hydrogens is 415 g/mol. The standard InChI is InChI=1S/C23H25FN4O2S/c1-31(2,29)28-11-9-27(10-12-28)8-7-23-26-20-6-3-16(13-22(20)30-23)19-15-25-21-14-17(24)4-5-18(19)21/h3-6,13-15,25H,1,7-12H2,2H3. The van der Waals surface area contributed by atoms with Crippen molar-refractivity contribution in [2.45, 2.75) is 6.42 Å². The van der Waals surface area contributed by atoms with Crippen LogP contribution in [-0.4, -0.2) is 68.2 Å². The lowest BCUT2D eigenvalue weighted by atomic mass is 10.0. The number of halogens is 1. The van der Waals surface area contributed by atoms with Crippen LogP contribution in [-0.2, 0) is 16.1 Å². The average molecular weight is 441 g/mol. The molecule has 5 rings (SSSR count). The molecule has 1 N–H and O–H groups in total. The summed E-state index contributed by atoms with van der Waals surface area (Å²) in [5.74, 6) is 4.23. The van der Waals surface area contributed by atoms with Gasteiger partial charge in [-0.15, -0.1) is 0 Å². The minimum atomic E-state index is -2.12. The van der Waals surface area contributed by atoms with Crippen LogP contribution in [0.25, 0.3) is 33.1 Å². The number of rotatable bonds is 5. The zero-order valence-electron chi connectivity index (χ0n) is 17.4. The quantitative estimate of drug-likeness (QED) is 0.482. The highest BCUT2D eigenvalue weighted by Gasteiger charge is 2.20.